The summed E-state index contributed by atoms with van der Waals surface area (Å²) in [6.45, 7) is 2.01. The number of carbonyl (C=O) groups is 1. The molecule has 1 fully saturated rings. The summed E-state index contributed by atoms with van der Waals surface area (Å²) in [5.74, 6) is -1.47. The van der Waals surface area contributed by atoms with Crippen molar-refractivity contribution in [2.45, 2.75) is 6.04 Å². The molecule has 0 radical (unpaired) electrons. The largest absolute Gasteiger partial charge is 0.480 e. The smallest absolute Gasteiger partial charge is 0.325 e. The van der Waals surface area contributed by atoms with Crippen LogP contribution in [0.25, 0.3) is 0 Å². The predicted octanol–water partition coefficient (Wildman–Crippen LogP) is 1.94. The van der Waals surface area contributed by atoms with Gasteiger partial charge in [0.2, 0.25) is 0 Å². The molecule has 2 rings (SSSR count). The Labute approximate surface area is 109 Å². The van der Waals surface area contributed by atoms with Crippen LogP contribution < -0.4 is 0 Å². The van der Waals surface area contributed by atoms with Crippen LogP contribution in [0.1, 0.15) is 11.6 Å². The Balaban J connectivity index is 2.31. The minimum Gasteiger partial charge on any atom is -0.480 e. The monoisotopic (exact) mass is 273 g/mol. The average molecular weight is 274 g/mol. The fourth-order valence-corrected chi connectivity index (χ4v) is 2.32. The van der Waals surface area contributed by atoms with E-state index in [1.165, 1.54) is 12.1 Å². The predicted molar refractivity (Wildman–Crippen MR) is 64.2 cm³/mol. The van der Waals surface area contributed by atoms with Crippen LogP contribution in [0, 0.1) is 5.82 Å². The van der Waals surface area contributed by atoms with Crippen molar-refractivity contribution in [1.29, 1.82) is 0 Å². The van der Waals surface area contributed by atoms with Crippen LogP contribution in [0.2, 0.25) is 5.02 Å². The molecule has 18 heavy (non-hydrogen) atoms. The van der Waals surface area contributed by atoms with E-state index in [0.29, 0.717) is 31.9 Å². The Kier molecular flexibility index (Phi) is 4.16. The van der Waals surface area contributed by atoms with E-state index in [9.17, 15) is 14.3 Å². The molecule has 1 heterocycles. The number of ether oxygens (including phenoxy) is 1. The van der Waals surface area contributed by atoms with Gasteiger partial charge in [-0.05, 0) is 17.7 Å². The summed E-state index contributed by atoms with van der Waals surface area (Å²) in [5, 5.41) is 9.47. The molecule has 1 atom stereocenters. The normalized spacial score (nSPS) is 18.6. The number of hydrogen-bond donors (Lipinski definition) is 1. The lowest BCUT2D eigenvalue weighted by Gasteiger charge is -2.32. The SMILES string of the molecule is O=C(O)C(c1ccc(F)cc1Cl)N1CCOCC1. The molecule has 1 aliphatic rings. The highest BCUT2D eigenvalue weighted by molar-refractivity contribution is 6.31. The molecule has 6 heteroatoms. The Morgan fingerprint density at radius 2 is 2.11 bits per heavy atom. The second-order valence-corrected chi connectivity index (χ2v) is 4.46. The van der Waals surface area contributed by atoms with Gasteiger partial charge in [-0.3, -0.25) is 9.69 Å². The van der Waals surface area contributed by atoms with Crippen molar-refractivity contribution in [3.05, 3.63) is 34.6 Å². The summed E-state index contributed by atoms with van der Waals surface area (Å²) >= 11 is 5.93. The molecule has 98 valence electrons. The van der Waals surface area contributed by atoms with Gasteiger partial charge < -0.3 is 9.84 Å². The molecule has 0 saturated carbocycles. The van der Waals surface area contributed by atoms with Crippen LogP contribution in [0.3, 0.4) is 0 Å². The van der Waals surface area contributed by atoms with E-state index >= 15 is 0 Å². The molecule has 0 aromatic heterocycles. The van der Waals surface area contributed by atoms with Crippen molar-refractivity contribution < 1.29 is 19.0 Å². The zero-order valence-corrected chi connectivity index (χ0v) is 10.4. The van der Waals surface area contributed by atoms with Gasteiger partial charge in [-0.15, -0.1) is 0 Å². The van der Waals surface area contributed by atoms with E-state index in [2.05, 4.69) is 0 Å². The number of hydrogen-bond acceptors (Lipinski definition) is 3. The Morgan fingerprint density at radius 1 is 1.44 bits per heavy atom. The lowest BCUT2D eigenvalue weighted by molar-refractivity contribution is -0.145. The first-order chi connectivity index (χ1) is 8.59. The number of aliphatic carboxylic acids is 1. The number of benzene rings is 1. The van der Waals surface area contributed by atoms with Gasteiger partial charge in [-0.2, -0.15) is 0 Å². The summed E-state index contributed by atoms with van der Waals surface area (Å²) in [7, 11) is 0. The van der Waals surface area contributed by atoms with Gasteiger partial charge in [-0.1, -0.05) is 17.7 Å². The molecule has 1 saturated heterocycles. The van der Waals surface area contributed by atoms with Crippen molar-refractivity contribution in [2.24, 2.45) is 0 Å². The molecular formula is C12H13ClFNO3. The molecule has 4 nitrogen and oxygen atoms in total. The molecule has 0 aliphatic carbocycles. The highest BCUT2D eigenvalue weighted by atomic mass is 35.5. The zero-order chi connectivity index (χ0) is 13.1. The van der Waals surface area contributed by atoms with E-state index in [1.807, 2.05) is 0 Å². The van der Waals surface area contributed by atoms with Crippen LogP contribution in [-0.4, -0.2) is 42.3 Å². The molecule has 1 unspecified atom stereocenters. The Morgan fingerprint density at radius 3 is 2.67 bits per heavy atom. The van der Waals surface area contributed by atoms with Crippen LogP contribution in [0.15, 0.2) is 18.2 Å². The first-order valence-corrected chi connectivity index (χ1v) is 5.97. The Bertz CT molecular complexity index is 449. The number of morpholine rings is 1. The van der Waals surface area contributed by atoms with Crippen LogP contribution in [-0.2, 0) is 9.53 Å². The third-order valence-corrected chi connectivity index (χ3v) is 3.23. The first-order valence-electron chi connectivity index (χ1n) is 5.59. The van der Waals surface area contributed by atoms with Gasteiger partial charge in [0.05, 0.1) is 13.2 Å². The third kappa shape index (κ3) is 2.80. The lowest BCUT2D eigenvalue weighted by Crippen LogP contribution is -2.42. The van der Waals surface area contributed by atoms with Gasteiger partial charge in [0.15, 0.2) is 0 Å². The zero-order valence-electron chi connectivity index (χ0n) is 9.60. The number of halogens is 2. The van der Waals surface area contributed by atoms with E-state index in [1.54, 1.807) is 4.90 Å². The summed E-state index contributed by atoms with van der Waals surface area (Å²) in [6, 6.07) is 2.92. The first kappa shape index (κ1) is 13.3. The second-order valence-electron chi connectivity index (χ2n) is 4.05. The summed E-state index contributed by atoms with van der Waals surface area (Å²) in [6.07, 6.45) is 0. The Hall–Kier alpha value is -1.17. The lowest BCUT2D eigenvalue weighted by atomic mass is 10.0. The fraction of sp³-hybridized carbons (Fsp3) is 0.417. The molecule has 1 aromatic carbocycles. The maximum Gasteiger partial charge on any atom is 0.325 e. The van der Waals surface area contributed by atoms with Gasteiger partial charge in [0, 0.05) is 18.1 Å². The molecule has 1 N–H and O–H groups in total. The maximum atomic E-state index is 13.0. The second kappa shape index (κ2) is 5.65. The molecule has 1 aliphatic heterocycles. The summed E-state index contributed by atoms with van der Waals surface area (Å²) in [5.41, 5.74) is 0.410. The van der Waals surface area contributed by atoms with Gasteiger partial charge in [0.25, 0.3) is 0 Å². The third-order valence-electron chi connectivity index (χ3n) is 2.90. The van der Waals surface area contributed by atoms with Crippen LogP contribution in [0.5, 0.6) is 0 Å². The fourth-order valence-electron chi connectivity index (χ4n) is 2.04. The topological polar surface area (TPSA) is 49.8 Å². The van der Waals surface area contributed by atoms with Crippen molar-refractivity contribution in [2.75, 3.05) is 26.3 Å². The van der Waals surface area contributed by atoms with Gasteiger partial charge in [-0.25, -0.2) is 4.39 Å². The summed E-state index contributed by atoms with van der Waals surface area (Å²) < 4.78 is 18.2. The number of rotatable bonds is 3. The molecular weight excluding hydrogens is 261 g/mol. The van der Waals surface area contributed by atoms with Crippen molar-refractivity contribution in [3.8, 4) is 0 Å². The highest BCUT2D eigenvalue weighted by Crippen LogP contribution is 2.29. The van der Waals surface area contributed by atoms with Gasteiger partial charge >= 0.3 is 5.97 Å². The molecule has 0 spiro atoms. The van der Waals surface area contributed by atoms with E-state index < -0.39 is 17.8 Å². The molecule has 0 bridgehead atoms. The van der Waals surface area contributed by atoms with Crippen LogP contribution >= 0.6 is 11.6 Å². The number of carboxylic acids is 1. The number of carboxylic acid groups (broad SMARTS) is 1. The van der Waals surface area contributed by atoms with Gasteiger partial charge in [0.1, 0.15) is 11.9 Å². The van der Waals surface area contributed by atoms with E-state index in [4.69, 9.17) is 16.3 Å². The molecule has 0 amide bonds. The quantitative estimate of drug-likeness (QED) is 0.914. The van der Waals surface area contributed by atoms with Crippen molar-refractivity contribution in [3.63, 3.8) is 0 Å². The van der Waals surface area contributed by atoms with Crippen molar-refractivity contribution in [1.82, 2.24) is 4.90 Å². The highest BCUT2D eigenvalue weighted by Gasteiger charge is 2.30. The van der Waals surface area contributed by atoms with E-state index in [0.717, 1.165) is 6.07 Å². The molecule has 1 aromatic rings. The van der Waals surface area contributed by atoms with E-state index in [-0.39, 0.29) is 5.02 Å². The number of nitrogens with zero attached hydrogens (tertiary/aromatic N) is 1. The van der Waals surface area contributed by atoms with Crippen LogP contribution in [0.4, 0.5) is 4.39 Å². The standard InChI is InChI=1S/C12H13ClFNO3/c13-10-7-8(14)1-2-9(10)11(12(16)17)15-3-5-18-6-4-15/h1-2,7,11H,3-6H2,(H,16,17). The average Bonchev–Trinajstić information content (AvgIpc) is 2.33. The maximum absolute atomic E-state index is 13.0. The minimum absolute atomic E-state index is 0.133. The summed E-state index contributed by atoms with van der Waals surface area (Å²) in [4.78, 5) is 13.2. The van der Waals surface area contributed by atoms with Crippen molar-refractivity contribution >= 4 is 17.6 Å². The minimum atomic E-state index is -0.995.